The Bertz CT molecular complexity index is 1470. The number of nitrogens with zero attached hydrogens (tertiary/aromatic N) is 1. The molecule has 1 atom stereocenters. The van der Waals surface area contributed by atoms with E-state index in [1.807, 2.05) is 12.1 Å². The van der Waals surface area contributed by atoms with Crippen LogP contribution in [0.4, 0.5) is 0 Å². The Morgan fingerprint density at radius 3 is 1.64 bits per heavy atom. The molecule has 1 aliphatic rings. The zero-order valence-corrected chi connectivity index (χ0v) is 24.1. The van der Waals surface area contributed by atoms with Crippen molar-refractivity contribution in [2.75, 3.05) is 26.8 Å². The summed E-state index contributed by atoms with van der Waals surface area (Å²) in [5.74, 6) is 1.04. The fourth-order valence-corrected chi connectivity index (χ4v) is 6.12. The molecule has 0 bridgehead atoms. The Kier molecular flexibility index (Phi) is 8.60. The summed E-state index contributed by atoms with van der Waals surface area (Å²) in [6.45, 7) is 3.27. The highest BCUT2D eigenvalue weighted by Crippen LogP contribution is 2.42. The zero-order chi connectivity index (χ0) is 28.6. The number of hydrogen-bond donors (Lipinski definition) is 0. The maximum atomic E-state index is 7.33. The molecule has 0 aromatic heterocycles. The van der Waals surface area contributed by atoms with Crippen molar-refractivity contribution in [3.8, 4) is 5.75 Å². The van der Waals surface area contributed by atoms with Crippen LogP contribution in [0.15, 0.2) is 152 Å². The molecule has 0 fully saturated rings. The van der Waals surface area contributed by atoms with E-state index in [0.717, 1.165) is 42.1 Å². The van der Waals surface area contributed by atoms with Crippen molar-refractivity contribution in [1.82, 2.24) is 4.90 Å². The first-order chi connectivity index (χ1) is 20.8. The lowest BCUT2D eigenvalue weighted by Gasteiger charge is -2.39. The maximum Gasteiger partial charge on any atom is 0.143 e. The predicted octanol–water partition coefficient (Wildman–Crippen LogP) is 8.22. The molecule has 3 nitrogen and oxygen atoms in total. The minimum Gasteiger partial charge on any atom is -0.497 e. The van der Waals surface area contributed by atoms with Crippen LogP contribution in [0, 0.1) is 5.92 Å². The second-order valence-corrected chi connectivity index (χ2v) is 10.9. The predicted molar refractivity (Wildman–Crippen MR) is 171 cm³/mol. The van der Waals surface area contributed by atoms with Crippen LogP contribution >= 0.6 is 0 Å². The zero-order valence-electron chi connectivity index (χ0n) is 24.1. The van der Waals surface area contributed by atoms with E-state index in [9.17, 15) is 0 Å². The molecule has 0 N–H and O–H groups in total. The van der Waals surface area contributed by atoms with Crippen LogP contribution in [0.25, 0.3) is 5.57 Å². The van der Waals surface area contributed by atoms with Crippen molar-refractivity contribution >= 4 is 5.57 Å². The number of ether oxygens (including phenoxy) is 2. The van der Waals surface area contributed by atoms with Gasteiger partial charge >= 0.3 is 0 Å². The summed E-state index contributed by atoms with van der Waals surface area (Å²) in [5.41, 5.74) is 6.47. The molecular formula is C39H37NO2. The molecule has 0 unspecified atom stereocenters. The van der Waals surface area contributed by atoms with Crippen molar-refractivity contribution < 1.29 is 9.47 Å². The highest BCUT2D eigenvalue weighted by Gasteiger charge is 2.39. The molecule has 1 heterocycles. The Morgan fingerprint density at radius 2 is 1.14 bits per heavy atom. The van der Waals surface area contributed by atoms with Gasteiger partial charge in [0.05, 0.1) is 13.7 Å². The van der Waals surface area contributed by atoms with Gasteiger partial charge < -0.3 is 9.47 Å². The second kappa shape index (κ2) is 13.0. The lowest BCUT2D eigenvalue weighted by Crippen LogP contribution is -2.39. The van der Waals surface area contributed by atoms with Crippen LogP contribution in [-0.2, 0) is 16.9 Å². The minimum absolute atomic E-state index is 0.173. The van der Waals surface area contributed by atoms with Crippen LogP contribution in [0.5, 0.6) is 5.75 Å². The molecule has 1 aliphatic heterocycles. The third-order valence-corrected chi connectivity index (χ3v) is 8.20. The van der Waals surface area contributed by atoms with Crippen LogP contribution in [0.3, 0.4) is 0 Å². The highest BCUT2D eigenvalue weighted by molar-refractivity contribution is 5.69. The summed E-state index contributed by atoms with van der Waals surface area (Å²) in [7, 11) is 1.71. The summed E-state index contributed by atoms with van der Waals surface area (Å²) in [6.07, 6.45) is 2.39. The van der Waals surface area contributed by atoms with Crippen LogP contribution < -0.4 is 4.74 Å². The third kappa shape index (κ3) is 5.94. The monoisotopic (exact) mass is 551 g/mol. The molecular weight excluding hydrogens is 514 g/mol. The lowest BCUT2D eigenvalue weighted by molar-refractivity contribution is -0.00526. The summed E-state index contributed by atoms with van der Waals surface area (Å²) >= 11 is 0. The van der Waals surface area contributed by atoms with Gasteiger partial charge in [0.2, 0.25) is 0 Å². The van der Waals surface area contributed by atoms with Gasteiger partial charge in [-0.05, 0) is 45.5 Å². The number of hydrogen-bond acceptors (Lipinski definition) is 3. The number of methoxy groups -OCH3 is 1. The Hall–Kier alpha value is -4.44. The molecule has 0 saturated heterocycles. The van der Waals surface area contributed by atoms with E-state index >= 15 is 0 Å². The molecule has 0 aliphatic carbocycles. The van der Waals surface area contributed by atoms with Gasteiger partial charge in [0.15, 0.2) is 0 Å². The quantitative estimate of drug-likeness (QED) is 0.163. The van der Waals surface area contributed by atoms with E-state index in [0.29, 0.717) is 6.61 Å². The average Bonchev–Trinajstić information content (AvgIpc) is 3.07. The van der Waals surface area contributed by atoms with Gasteiger partial charge in [-0.3, -0.25) is 4.90 Å². The van der Waals surface area contributed by atoms with Gasteiger partial charge in [0.25, 0.3) is 0 Å². The molecule has 0 saturated carbocycles. The van der Waals surface area contributed by atoms with E-state index in [1.54, 1.807) is 7.11 Å². The highest BCUT2D eigenvalue weighted by atomic mass is 16.5. The van der Waals surface area contributed by atoms with E-state index in [2.05, 4.69) is 144 Å². The van der Waals surface area contributed by atoms with Gasteiger partial charge in [-0.25, -0.2) is 0 Å². The van der Waals surface area contributed by atoms with Crippen molar-refractivity contribution in [3.05, 3.63) is 179 Å². The first kappa shape index (κ1) is 27.7. The summed E-state index contributed by atoms with van der Waals surface area (Å²) in [5, 5.41) is 0. The van der Waals surface area contributed by atoms with E-state index in [-0.39, 0.29) is 5.92 Å². The molecule has 5 aromatic carbocycles. The first-order valence-corrected chi connectivity index (χ1v) is 14.7. The van der Waals surface area contributed by atoms with Crippen molar-refractivity contribution in [2.45, 2.75) is 12.1 Å². The Balaban J connectivity index is 1.39. The molecule has 210 valence electrons. The van der Waals surface area contributed by atoms with E-state index in [1.165, 1.54) is 16.7 Å². The van der Waals surface area contributed by atoms with Crippen molar-refractivity contribution in [2.24, 2.45) is 5.92 Å². The fraction of sp³-hybridized carbons (Fsp3) is 0.179. The van der Waals surface area contributed by atoms with Crippen LogP contribution in [0.2, 0.25) is 0 Å². The first-order valence-electron chi connectivity index (χ1n) is 14.7. The lowest BCUT2D eigenvalue weighted by atomic mass is 9.79. The SMILES string of the molecule is COc1ccc(C2=CCN(Cc3ccccc3)C[C@H]2COC(c2ccccc2)(c2ccccc2)c2ccccc2)cc1. The molecule has 3 heteroatoms. The van der Waals surface area contributed by atoms with Crippen molar-refractivity contribution in [3.63, 3.8) is 0 Å². The molecule has 0 amide bonds. The summed E-state index contributed by atoms with van der Waals surface area (Å²) < 4.78 is 12.8. The van der Waals surface area contributed by atoms with Gasteiger partial charge in [0, 0.05) is 25.6 Å². The molecule has 42 heavy (non-hydrogen) atoms. The number of rotatable bonds is 10. The minimum atomic E-state index is -0.753. The van der Waals surface area contributed by atoms with Gasteiger partial charge in [0.1, 0.15) is 11.4 Å². The van der Waals surface area contributed by atoms with Crippen molar-refractivity contribution in [1.29, 1.82) is 0 Å². The van der Waals surface area contributed by atoms with E-state index in [4.69, 9.17) is 9.47 Å². The molecule has 0 radical (unpaired) electrons. The number of benzene rings is 5. The Labute approximate surface area is 249 Å². The normalized spacial score (nSPS) is 15.6. The fourth-order valence-electron chi connectivity index (χ4n) is 6.12. The molecule has 0 spiro atoms. The summed E-state index contributed by atoms with van der Waals surface area (Å²) in [6, 6.07) is 51.1. The molecule has 5 aromatic rings. The smallest absolute Gasteiger partial charge is 0.143 e. The van der Waals surface area contributed by atoms with E-state index < -0.39 is 5.60 Å². The third-order valence-electron chi connectivity index (χ3n) is 8.20. The van der Waals surface area contributed by atoms with Gasteiger partial charge in [-0.2, -0.15) is 0 Å². The van der Waals surface area contributed by atoms with Gasteiger partial charge in [-0.15, -0.1) is 0 Å². The topological polar surface area (TPSA) is 21.7 Å². The largest absolute Gasteiger partial charge is 0.497 e. The van der Waals surface area contributed by atoms with Crippen LogP contribution in [-0.4, -0.2) is 31.7 Å². The summed E-state index contributed by atoms with van der Waals surface area (Å²) in [4.78, 5) is 2.52. The average molecular weight is 552 g/mol. The standard InChI is InChI=1S/C39H37NO2/c1-41-37-24-22-32(23-25-37)38-26-27-40(28-31-14-6-2-7-15-31)29-33(38)30-42-39(34-16-8-3-9-17-34,35-18-10-4-11-19-35)36-20-12-5-13-21-36/h2-26,33H,27-30H2,1H3/t33-/m0/s1. The molecule has 6 rings (SSSR count). The second-order valence-electron chi connectivity index (χ2n) is 10.9. The van der Waals surface area contributed by atoms with Gasteiger partial charge in [-0.1, -0.05) is 140 Å². The van der Waals surface area contributed by atoms with Crippen LogP contribution in [0.1, 0.15) is 27.8 Å². The Morgan fingerprint density at radius 1 is 0.643 bits per heavy atom. The maximum absolute atomic E-state index is 7.33.